The normalized spacial score (nSPS) is 28.1. The Labute approximate surface area is 246 Å². The molecule has 0 radical (unpaired) electrons. The Morgan fingerprint density at radius 2 is 1.71 bits per heavy atom. The molecule has 1 saturated heterocycles. The van der Waals surface area contributed by atoms with Crippen molar-refractivity contribution in [3.8, 4) is 11.5 Å². The molecule has 0 unspecified atom stereocenters. The Morgan fingerprint density at radius 3 is 2.44 bits per heavy atom. The van der Waals surface area contributed by atoms with Gasteiger partial charge in [0.1, 0.15) is 0 Å². The van der Waals surface area contributed by atoms with Gasteiger partial charge in [-0.15, -0.1) is 0 Å². The molecule has 2 bridgehead atoms. The second-order valence-electron chi connectivity index (χ2n) is 13.0. The molecular weight excluding hydrogens is 514 g/mol. The maximum atomic E-state index is 13.1. The molecule has 6 heteroatoms. The molecule has 1 spiro atoms. The van der Waals surface area contributed by atoms with Crippen molar-refractivity contribution < 1.29 is 24.2 Å². The van der Waals surface area contributed by atoms with Gasteiger partial charge in [0.15, 0.2) is 23.4 Å². The maximum absolute atomic E-state index is 13.1. The lowest BCUT2D eigenvalue weighted by Crippen LogP contribution is -2.76. The third kappa shape index (κ3) is 5.88. The summed E-state index contributed by atoms with van der Waals surface area (Å²) < 4.78 is 12.2. The number of benzene rings is 1. The van der Waals surface area contributed by atoms with Crippen molar-refractivity contribution in [3.63, 3.8) is 0 Å². The lowest BCUT2D eigenvalue weighted by atomic mass is 9.49. The minimum absolute atomic E-state index is 0.0385. The van der Waals surface area contributed by atoms with Crippen molar-refractivity contribution in [2.45, 2.75) is 146 Å². The second kappa shape index (κ2) is 13.4. The summed E-state index contributed by atoms with van der Waals surface area (Å²) in [5, 5.41) is 12.1. The van der Waals surface area contributed by atoms with Gasteiger partial charge in [-0.25, -0.2) is 0 Å². The van der Waals surface area contributed by atoms with E-state index in [1.807, 2.05) is 12.1 Å². The predicted octanol–water partition coefficient (Wildman–Crippen LogP) is 6.98. The third-order valence-electron chi connectivity index (χ3n) is 10.4. The van der Waals surface area contributed by atoms with Crippen LogP contribution in [0.4, 0.5) is 0 Å². The van der Waals surface area contributed by atoms with Crippen molar-refractivity contribution in [2.75, 3.05) is 13.6 Å². The molecule has 2 heterocycles. The van der Waals surface area contributed by atoms with Crippen LogP contribution in [0.3, 0.4) is 0 Å². The van der Waals surface area contributed by atoms with E-state index in [2.05, 4.69) is 31.0 Å². The minimum Gasteiger partial charge on any atom is -0.477 e. The standard InChI is InChI=1S/C35H51NO5/c1-3-4-5-6-7-8-9-10-11-12-13-14-15-16-17-18-30(38)40-28-20-19-26-25-29-35(39)22-21-27(37)33-34(35,23-24-36(29)2)31(26)32(28)41-33/h10-11,19-20,29,33,39H,3-9,12-18,21-25H2,1-2H3/b11-10-/t29-,33+,34+,35-/m1/s1. The number of aliphatic hydroxyl groups is 1. The summed E-state index contributed by atoms with van der Waals surface area (Å²) in [7, 11) is 2.06. The van der Waals surface area contributed by atoms with E-state index in [-0.39, 0.29) is 17.8 Å². The van der Waals surface area contributed by atoms with Gasteiger partial charge in [0, 0.05) is 24.4 Å². The molecule has 1 aromatic carbocycles. The molecule has 5 rings (SSSR count). The van der Waals surface area contributed by atoms with E-state index in [4.69, 9.17) is 9.47 Å². The monoisotopic (exact) mass is 565 g/mol. The highest BCUT2D eigenvalue weighted by molar-refractivity contribution is 5.90. The Balaban J connectivity index is 1.06. The molecule has 4 aliphatic rings. The number of ketones is 1. The summed E-state index contributed by atoms with van der Waals surface area (Å²) in [6.07, 6.45) is 22.4. The fourth-order valence-corrected chi connectivity index (χ4v) is 8.12. The van der Waals surface area contributed by atoms with Crippen molar-refractivity contribution in [3.05, 3.63) is 35.4 Å². The van der Waals surface area contributed by atoms with Crippen LogP contribution in [0.25, 0.3) is 0 Å². The van der Waals surface area contributed by atoms with Gasteiger partial charge in [-0.3, -0.25) is 9.59 Å². The average molecular weight is 566 g/mol. The van der Waals surface area contributed by atoms with E-state index in [0.29, 0.717) is 43.6 Å². The van der Waals surface area contributed by atoms with E-state index < -0.39 is 17.1 Å². The van der Waals surface area contributed by atoms with Gasteiger partial charge < -0.3 is 19.5 Å². The van der Waals surface area contributed by atoms with Gasteiger partial charge >= 0.3 is 5.97 Å². The number of likely N-dealkylation sites (tertiary alicyclic amines) is 1. The van der Waals surface area contributed by atoms with E-state index in [1.165, 1.54) is 57.8 Å². The van der Waals surface area contributed by atoms with Gasteiger partial charge in [-0.1, -0.05) is 76.5 Å². The number of hydrogen-bond acceptors (Lipinski definition) is 6. The number of carbonyl (C=O) groups is 2. The minimum atomic E-state index is -1.01. The van der Waals surface area contributed by atoms with Crippen LogP contribution in [0, 0.1) is 0 Å². The zero-order chi connectivity index (χ0) is 28.9. The molecule has 41 heavy (non-hydrogen) atoms. The lowest BCUT2D eigenvalue weighted by Gasteiger charge is -2.62. The number of allylic oxidation sites excluding steroid dienone is 2. The molecule has 6 nitrogen and oxygen atoms in total. The van der Waals surface area contributed by atoms with Crippen molar-refractivity contribution in [1.82, 2.24) is 4.90 Å². The van der Waals surface area contributed by atoms with Crippen LogP contribution in [0.2, 0.25) is 0 Å². The number of likely N-dealkylation sites (N-methyl/N-ethyl adjacent to an activating group) is 1. The van der Waals surface area contributed by atoms with Gasteiger partial charge in [-0.05, 0) is 76.6 Å². The van der Waals surface area contributed by atoms with Crippen molar-refractivity contribution >= 4 is 11.8 Å². The first kappa shape index (κ1) is 30.3. The zero-order valence-corrected chi connectivity index (χ0v) is 25.4. The fourth-order valence-electron chi connectivity index (χ4n) is 8.12. The second-order valence-corrected chi connectivity index (χ2v) is 13.0. The highest BCUT2D eigenvalue weighted by Gasteiger charge is 2.72. The van der Waals surface area contributed by atoms with Crippen LogP contribution in [-0.2, 0) is 21.4 Å². The Bertz CT molecular complexity index is 1110. The zero-order valence-electron chi connectivity index (χ0n) is 25.4. The summed E-state index contributed by atoms with van der Waals surface area (Å²) in [6.45, 7) is 3.06. The SMILES string of the molecule is CCCCCCCC/C=C\CCCCCCCC(=O)Oc1ccc2c3c1O[C@H]1C(=O)CC[C@@]4(O)[C@@H](C2)N(C)CC[C@]314. The van der Waals surface area contributed by atoms with E-state index in [1.54, 1.807) is 0 Å². The summed E-state index contributed by atoms with van der Waals surface area (Å²) in [4.78, 5) is 28.1. The quantitative estimate of drug-likeness (QED) is 0.101. The highest BCUT2D eigenvalue weighted by atomic mass is 16.6. The lowest BCUT2D eigenvalue weighted by molar-refractivity contribution is -0.185. The van der Waals surface area contributed by atoms with Crippen LogP contribution in [0.5, 0.6) is 11.5 Å². The molecule has 0 aromatic heterocycles. The number of Topliss-reactive ketones (excluding diaryl/α,β-unsaturated/α-hetero) is 1. The first-order valence-electron chi connectivity index (χ1n) is 16.6. The van der Waals surface area contributed by atoms with Crippen LogP contribution in [-0.4, -0.2) is 53.1 Å². The Kier molecular flexibility index (Phi) is 9.91. The molecule has 2 aliphatic heterocycles. The number of piperidine rings is 1. The molecule has 1 N–H and O–H groups in total. The Morgan fingerprint density at radius 1 is 1.02 bits per heavy atom. The topological polar surface area (TPSA) is 76.1 Å². The molecule has 4 atom stereocenters. The van der Waals surface area contributed by atoms with Gasteiger partial charge in [-0.2, -0.15) is 0 Å². The third-order valence-corrected chi connectivity index (χ3v) is 10.4. The van der Waals surface area contributed by atoms with E-state index in [9.17, 15) is 14.7 Å². The predicted molar refractivity (Wildman–Crippen MR) is 162 cm³/mol. The molecular formula is C35H51NO5. The fraction of sp³-hybridized carbons (Fsp3) is 0.714. The van der Waals surface area contributed by atoms with Crippen molar-refractivity contribution in [1.29, 1.82) is 0 Å². The van der Waals surface area contributed by atoms with Crippen LogP contribution >= 0.6 is 0 Å². The summed E-state index contributed by atoms with van der Waals surface area (Å²) in [5.41, 5.74) is 0.279. The number of carbonyl (C=O) groups excluding carboxylic acids is 2. The van der Waals surface area contributed by atoms with Gasteiger partial charge in [0.05, 0.1) is 11.0 Å². The summed E-state index contributed by atoms with van der Waals surface area (Å²) in [6, 6.07) is 3.80. The maximum Gasteiger partial charge on any atom is 0.311 e. The number of unbranched alkanes of at least 4 members (excludes halogenated alkanes) is 11. The largest absolute Gasteiger partial charge is 0.477 e. The van der Waals surface area contributed by atoms with Gasteiger partial charge in [0.2, 0.25) is 0 Å². The van der Waals surface area contributed by atoms with Crippen LogP contribution in [0.1, 0.15) is 127 Å². The number of ether oxygens (including phenoxy) is 2. The molecule has 1 aromatic rings. The molecule has 2 aliphatic carbocycles. The first-order chi connectivity index (χ1) is 19.9. The number of rotatable bonds is 16. The van der Waals surface area contributed by atoms with E-state index >= 15 is 0 Å². The average Bonchev–Trinajstić information content (AvgIpc) is 3.32. The molecule has 2 fully saturated rings. The van der Waals surface area contributed by atoms with E-state index in [0.717, 1.165) is 43.4 Å². The first-order valence-corrected chi connectivity index (χ1v) is 16.6. The summed E-state index contributed by atoms with van der Waals surface area (Å²) >= 11 is 0. The smallest absolute Gasteiger partial charge is 0.311 e. The number of esters is 1. The Hall–Kier alpha value is -2.18. The summed E-state index contributed by atoms with van der Waals surface area (Å²) in [5.74, 6) is 0.709. The van der Waals surface area contributed by atoms with Crippen LogP contribution in [0.15, 0.2) is 24.3 Å². The van der Waals surface area contributed by atoms with Gasteiger partial charge in [0.25, 0.3) is 0 Å². The molecule has 226 valence electrons. The number of nitrogens with zero attached hydrogens (tertiary/aromatic N) is 1. The highest BCUT2D eigenvalue weighted by Crippen LogP contribution is 2.64. The van der Waals surface area contributed by atoms with Crippen molar-refractivity contribution in [2.24, 2.45) is 0 Å². The number of hydrogen-bond donors (Lipinski definition) is 1. The van der Waals surface area contributed by atoms with Crippen LogP contribution < -0.4 is 9.47 Å². The molecule has 0 amide bonds. The molecule has 1 saturated carbocycles.